The molecule has 0 aromatic heterocycles. The van der Waals surface area contributed by atoms with Crippen LogP contribution in [0, 0.1) is 0 Å². The first-order valence-corrected chi connectivity index (χ1v) is 8.17. The first-order chi connectivity index (χ1) is 8.08. The predicted molar refractivity (Wildman–Crippen MR) is 63.3 cm³/mol. The van der Waals surface area contributed by atoms with Crippen molar-refractivity contribution in [1.29, 1.82) is 0 Å². The molecule has 0 radical (unpaired) electrons. The van der Waals surface area contributed by atoms with Gasteiger partial charge in [-0.05, 0) is 9.13 Å². The van der Waals surface area contributed by atoms with Gasteiger partial charge < -0.3 is 4.74 Å². The lowest BCUT2D eigenvalue weighted by molar-refractivity contribution is 0.110. The van der Waals surface area contributed by atoms with E-state index in [0.717, 1.165) is 0 Å². The quantitative estimate of drug-likeness (QED) is 0.702. The fraction of sp³-hybridized carbons (Fsp3) is 1.00. The standard InChI is InChI=1S/C8H16N2O5P2/c11-16(12)7-9-1-2-10(8-17(13)14)4-6-15-5-3-9/h1-8H2/p+2. The molecule has 7 nitrogen and oxygen atoms in total. The van der Waals surface area contributed by atoms with Gasteiger partial charge in [-0.1, -0.05) is 0 Å². The minimum Gasteiger partial charge on any atom is -0.379 e. The van der Waals surface area contributed by atoms with Crippen molar-refractivity contribution in [2.24, 2.45) is 0 Å². The van der Waals surface area contributed by atoms with Crippen LogP contribution in [-0.2, 0) is 13.9 Å². The second kappa shape index (κ2) is 8.16. The highest BCUT2D eigenvalue weighted by atomic mass is 31.1. The highest BCUT2D eigenvalue weighted by Crippen LogP contribution is 2.17. The molecule has 0 amide bonds. The van der Waals surface area contributed by atoms with Crippen LogP contribution in [-0.4, -0.2) is 71.6 Å². The average Bonchev–Trinajstić information content (AvgIpc) is 2.31. The van der Waals surface area contributed by atoms with E-state index in [1.165, 1.54) is 0 Å². The smallest absolute Gasteiger partial charge is 0.379 e. The molecule has 9 heteroatoms. The van der Waals surface area contributed by atoms with Gasteiger partial charge in [-0.15, -0.1) is 0 Å². The van der Waals surface area contributed by atoms with Crippen molar-refractivity contribution >= 4 is 16.1 Å². The molecule has 2 N–H and O–H groups in total. The second-order valence-corrected chi connectivity index (χ2v) is 5.81. The molecular formula is C8H18N2O5P2+2. The monoisotopic (exact) mass is 284 g/mol. The summed E-state index contributed by atoms with van der Waals surface area (Å²) in [4.78, 5) is 21.4. The molecule has 17 heavy (non-hydrogen) atoms. The molecule has 98 valence electrons. The third-order valence-corrected chi connectivity index (χ3v) is 3.76. The van der Waals surface area contributed by atoms with E-state index in [9.17, 15) is 9.13 Å². The van der Waals surface area contributed by atoms with Crippen LogP contribution in [0.2, 0.25) is 0 Å². The molecule has 2 atom stereocenters. The van der Waals surface area contributed by atoms with Crippen LogP contribution < -0.4 is 0 Å². The summed E-state index contributed by atoms with van der Waals surface area (Å²) in [6, 6.07) is 0. The van der Waals surface area contributed by atoms with Crippen LogP contribution in [0.3, 0.4) is 0 Å². The Kier molecular flexibility index (Phi) is 7.23. The zero-order chi connectivity index (χ0) is 12.7. The summed E-state index contributed by atoms with van der Waals surface area (Å²) in [5, 5.41) is 0. The molecule has 1 aliphatic heterocycles. The zero-order valence-electron chi connectivity index (χ0n) is 9.56. The molecule has 1 saturated heterocycles. The van der Waals surface area contributed by atoms with Crippen LogP contribution in [0.5, 0.6) is 0 Å². The van der Waals surface area contributed by atoms with Crippen molar-refractivity contribution in [3.63, 3.8) is 0 Å². The molecule has 1 aliphatic rings. The van der Waals surface area contributed by atoms with Gasteiger partial charge in [0.2, 0.25) is 12.6 Å². The van der Waals surface area contributed by atoms with E-state index in [2.05, 4.69) is 0 Å². The van der Waals surface area contributed by atoms with Gasteiger partial charge in [0.15, 0.2) is 0 Å². The second-order valence-electron chi connectivity index (χ2n) is 3.84. The van der Waals surface area contributed by atoms with Crippen molar-refractivity contribution in [2.45, 2.75) is 0 Å². The summed E-state index contributed by atoms with van der Waals surface area (Å²) in [6.45, 7) is 3.47. The average molecular weight is 284 g/mol. The lowest BCUT2D eigenvalue weighted by atomic mass is 10.5. The van der Waals surface area contributed by atoms with Crippen molar-refractivity contribution < 1.29 is 23.7 Å². The van der Waals surface area contributed by atoms with Crippen molar-refractivity contribution in [3.8, 4) is 0 Å². The number of rotatable bonds is 4. The lowest BCUT2D eigenvalue weighted by Gasteiger charge is -2.18. The van der Waals surface area contributed by atoms with Gasteiger partial charge >= 0.3 is 16.1 Å². The van der Waals surface area contributed by atoms with Gasteiger partial charge in [0.1, 0.15) is 0 Å². The normalized spacial score (nSPS) is 22.5. The summed E-state index contributed by atoms with van der Waals surface area (Å²) in [7, 11) is -4.38. The maximum atomic E-state index is 10.8. The van der Waals surface area contributed by atoms with E-state index in [1.807, 2.05) is 9.80 Å². The third-order valence-electron chi connectivity index (χ3n) is 2.48. The predicted octanol–water partition coefficient (Wildman–Crippen LogP) is 0.00500. The Hall–Kier alpha value is -0.0000000000000000486. The van der Waals surface area contributed by atoms with Gasteiger partial charge in [-0.2, -0.15) is 9.79 Å². The minimum absolute atomic E-state index is 0.123. The Morgan fingerprint density at radius 2 is 1.29 bits per heavy atom. The molecule has 0 spiro atoms. The van der Waals surface area contributed by atoms with Gasteiger partial charge in [0.25, 0.3) is 0 Å². The molecule has 1 rings (SSSR count). The Bertz CT molecular complexity index is 253. The van der Waals surface area contributed by atoms with E-state index in [4.69, 9.17) is 14.5 Å². The summed E-state index contributed by atoms with van der Waals surface area (Å²) < 4.78 is 26.9. The molecule has 1 fully saturated rings. The van der Waals surface area contributed by atoms with Crippen LogP contribution >= 0.6 is 16.1 Å². The molecule has 0 aliphatic carbocycles. The number of hydrogen-bond acceptors (Lipinski definition) is 5. The summed E-state index contributed by atoms with van der Waals surface area (Å²) >= 11 is 0. The van der Waals surface area contributed by atoms with Crippen LogP contribution in [0.15, 0.2) is 0 Å². The lowest BCUT2D eigenvalue weighted by Crippen LogP contribution is -2.35. The largest absolute Gasteiger partial charge is 0.521 e. The van der Waals surface area contributed by atoms with Crippen molar-refractivity contribution in [3.05, 3.63) is 0 Å². The first-order valence-electron chi connectivity index (χ1n) is 5.37. The number of hydrogen-bond donors (Lipinski definition) is 2. The molecule has 0 bridgehead atoms. The van der Waals surface area contributed by atoms with E-state index in [-0.39, 0.29) is 12.6 Å². The van der Waals surface area contributed by atoms with E-state index >= 15 is 0 Å². The fourth-order valence-electron chi connectivity index (χ4n) is 1.62. The molecule has 0 aromatic rings. The molecule has 0 saturated carbocycles. The Labute approximate surface area is 102 Å². The maximum absolute atomic E-state index is 10.8. The summed E-state index contributed by atoms with van der Waals surface area (Å²) in [5.74, 6) is 0. The van der Waals surface area contributed by atoms with E-state index < -0.39 is 16.1 Å². The van der Waals surface area contributed by atoms with Gasteiger partial charge in [-0.25, -0.2) is 0 Å². The Morgan fingerprint density at radius 3 is 1.65 bits per heavy atom. The molecule has 2 unspecified atom stereocenters. The Balaban J connectivity index is 2.45. The van der Waals surface area contributed by atoms with Crippen LogP contribution in [0.25, 0.3) is 0 Å². The van der Waals surface area contributed by atoms with E-state index in [0.29, 0.717) is 39.4 Å². The van der Waals surface area contributed by atoms with Crippen molar-refractivity contribution in [2.75, 3.05) is 52.0 Å². The fourth-order valence-corrected chi connectivity index (χ4v) is 2.87. The summed E-state index contributed by atoms with van der Waals surface area (Å²) in [5.41, 5.74) is 0. The zero-order valence-corrected chi connectivity index (χ0v) is 11.4. The van der Waals surface area contributed by atoms with Crippen molar-refractivity contribution in [1.82, 2.24) is 9.80 Å². The highest BCUT2D eigenvalue weighted by Gasteiger charge is 2.23. The van der Waals surface area contributed by atoms with Gasteiger partial charge in [0.05, 0.1) is 13.2 Å². The van der Waals surface area contributed by atoms with Crippen LogP contribution in [0.4, 0.5) is 0 Å². The van der Waals surface area contributed by atoms with Gasteiger partial charge in [0, 0.05) is 26.2 Å². The molecular weight excluding hydrogens is 266 g/mol. The SMILES string of the molecule is O=[P+](O)CN1CCOCCN(C[P+](=O)O)CC1. The first kappa shape index (κ1) is 15.1. The molecule has 0 aromatic carbocycles. The maximum Gasteiger partial charge on any atom is 0.521 e. The van der Waals surface area contributed by atoms with Gasteiger partial charge in [-0.3, -0.25) is 9.80 Å². The van der Waals surface area contributed by atoms with Crippen LogP contribution in [0.1, 0.15) is 0 Å². The molecule has 1 heterocycles. The number of ether oxygens (including phenoxy) is 1. The topological polar surface area (TPSA) is 90.3 Å². The highest BCUT2D eigenvalue weighted by molar-refractivity contribution is 7.38. The Morgan fingerprint density at radius 1 is 0.882 bits per heavy atom. The third kappa shape index (κ3) is 7.11. The minimum atomic E-state index is -2.19. The van der Waals surface area contributed by atoms with E-state index in [1.54, 1.807) is 0 Å². The number of nitrogens with zero attached hydrogens (tertiary/aromatic N) is 2. The summed E-state index contributed by atoms with van der Waals surface area (Å²) in [6.07, 6.45) is 0.246.